The lowest BCUT2D eigenvalue weighted by Gasteiger charge is -1.95. The van der Waals surface area contributed by atoms with E-state index in [1.165, 1.54) is 0 Å². The molecule has 62 valence electrons. The van der Waals surface area contributed by atoms with Crippen LogP contribution in [0.2, 0.25) is 0 Å². The Kier molecular flexibility index (Phi) is 4.95. The molecule has 0 N–H and O–H groups in total. The Hall–Kier alpha value is -0.500. The Morgan fingerprint density at radius 3 is 2.27 bits per heavy atom. The molecule has 0 radical (unpaired) electrons. The maximum absolute atomic E-state index is 4.32. The fourth-order valence-corrected chi connectivity index (χ4v) is 0.918. The fourth-order valence-electron chi connectivity index (χ4n) is 0.683. The SMILES string of the molecule is C=C(C)/C=C(/C)N=C(C)SC. The Morgan fingerprint density at radius 1 is 1.36 bits per heavy atom. The van der Waals surface area contributed by atoms with E-state index in [2.05, 4.69) is 11.6 Å². The minimum atomic E-state index is 1.02. The largest absolute Gasteiger partial charge is 0.252 e. The number of nitrogens with zero attached hydrogens (tertiary/aromatic N) is 1. The molecule has 0 aromatic heterocycles. The summed E-state index contributed by atoms with van der Waals surface area (Å²) in [6.07, 6.45) is 3.99. The van der Waals surface area contributed by atoms with Crippen molar-refractivity contribution in [3.63, 3.8) is 0 Å². The molecular formula is C9H15NS. The first-order valence-electron chi connectivity index (χ1n) is 3.49. The van der Waals surface area contributed by atoms with E-state index in [0.29, 0.717) is 0 Å². The van der Waals surface area contributed by atoms with E-state index in [1.54, 1.807) is 11.8 Å². The van der Waals surface area contributed by atoms with Crippen LogP contribution in [0.5, 0.6) is 0 Å². The standard InChI is InChI=1S/C9H15NS/c1-7(2)6-8(3)10-9(4)11-5/h6H,1H2,2-5H3/b8-6-,10-9?. The summed E-state index contributed by atoms with van der Waals surface area (Å²) in [5, 5.41) is 1.08. The van der Waals surface area contributed by atoms with Gasteiger partial charge in [0.1, 0.15) is 0 Å². The van der Waals surface area contributed by atoms with Gasteiger partial charge in [0.2, 0.25) is 0 Å². The first kappa shape index (κ1) is 10.5. The van der Waals surface area contributed by atoms with Gasteiger partial charge in [-0.25, -0.2) is 0 Å². The van der Waals surface area contributed by atoms with Crippen molar-refractivity contribution in [3.8, 4) is 0 Å². The summed E-state index contributed by atoms with van der Waals surface area (Å²) in [7, 11) is 0. The molecule has 0 aliphatic carbocycles. The molecule has 1 nitrogen and oxygen atoms in total. The highest BCUT2D eigenvalue weighted by atomic mass is 32.2. The van der Waals surface area contributed by atoms with Crippen molar-refractivity contribution in [2.24, 2.45) is 4.99 Å². The summed E-state index contributed by atoms with van der Waals surface area (Å²) >= 11 is 1.66. The molecule has 0 aromatic rings. The second-order valence-electron chi connectivity index (χ2n) is 2.47. The van der Waals surface area contributed by atoms with Gasteiger partial charge in [0.25, 0.3) is 0 Å². The van der Waals surface area contributed by atoms with Gasteiger partial charge in [0.15, 0.2) is 0 Å². The van der Waals surface area contributed by atoms with Crippen LogP contribution in [0.1, 0.15) is 20.8 Å². The summed E-state index contributed by atoms with van der Waals surface area (Å²) in [5.74, 6) is 0. The summed E-state index contributed by atoms with van der Waals surface area (Å²) in [5.41, 5.74) is 2.06. The zero-order chi connectivity index (χ0) is 8.85. The van der Waals surface area contributed by atoms with E-state index in [1.807, 2.05) is 33.1 Å². The molecule has 0 unspecified atom stereocenters. The maximum atomic E-state index is 4.32. The van der Waals surface area contributed by atoms with E-state index < -0.39 is 0 Å². The molecule has 0 heterocycles. The average molecular weight is 169 g/mol. The molecule has 2 heteroatoms. The lowest BCUT2D eigenvalue weighted by atomic mass is 10.3. The highest BCUT2D eigenvalue weighted by Crippen LogP contribution is 2.05. The van der Waals surface area contributed by atoms with Gasteiger partial charge in [-0.2, -0.15) is 0 Å². The average Bonchev–Trinajstić information content (AvgIpc) is 1.85. The summed E-state index contributed by atoms with van der Waals surface area (Å²) in [6.45, 7) is 9.72. The predicted octanol–water partition coefficient (Wildman–Crippen LogP) is 3.25. The van der Waals surface area contributed by atoms with Gasteiger partial charge in [0, 0.05) is 5.70 Å². The van der Waals surface area contributed by atoms with Gasteiger partial charge < -0.3 is 0 Å². The number of aliphatic imine (C=N–C) groups is 1. The molecule has 0 amide bonds. The molecule has 0 rings (SSSR count). The van der Waals surface area contributed by atoms with Crippen LogP contribution in [0.3, 0.4) is 0 Å². The van der Waals surface area contributed by atoms with Gasteiger partial charge >= 0.3 is 0 Å². The third-order valence-corrected chi connectivity index (χ3v) is 1.77. The monoisotopic (exact) mass is 169 g/mol. The smallest absolute Gasteiger partial charge is 0.0700 e. The quantitative estimate of drug-likeness (QED) is 0.351. The molecular weight excluding hydrogens is 154 g/mol. The van der Waals surface area contributed by atoms with Crippen molar-refractivity contribution in [2.45, 2.75) is 20.8 Å². The van der Waals surface area contributed by atoms with Gasteiger partial charge in [-0.15, -0.1) is 11.8 Å². The topological polar surface area (TPSA) is 12.4 Å². The lowest BCUT2D eigenvalue weighted by molar-refractivity contribution is 1.29. The normalized spacial score (nSPS) is 13.5. The second-order valence-corrected chi connectivity index (χ2v) is 3.47. The van der Waals surface area contributed by atoms with Gasteiger partial charge in [-0.05, 0) is 33.1 Å². The molecule has 0 atom stereocenters. The molecule has 0 bridgehead atoms. The predicted molar refractivity (Wildman–Crippen MR) is 55.2 cm³/mol. The molecule has 0 saturated heterocycles. The number of hydrogen-bond acceptors (Lipinski definition) is 2. The van der Waals surface area contributed by atoms with E-state index in [-0.39, 0.29) is 0 Å². The highest BCUT2D eigenvalue weighted by molar-refractivity contribution is 8.13. The van der Waals surface area contributed by atoms with Crippen LogP contribution in [-0.2, 0) is 0 Å². The van der Waals surface area contributed by atoms with E-state index in [0.717, 1.165) is 16.3 Å². The zero-order valence-electron chi connectivity index (χ0n) is 7.64. The minimum Gasteiger partial charge on any atom is -0.252 e. The maximum Gasteiger partial charge on any atom is 0.0700 e. The van der Waals surface area contributed by atoms with Crippen LogP contribution in [0, 0.1) is 0 Å². The van der Waals surface area contributed by atoms with Crippen molar-refractivity contribution in [2.75, 3.05) is 6.26 Å². The van der Waals surface area contributed by atoms with Crippen molar-refractivity contribution in [3.05, 3.63) is 23.9 Å². The molecule has 11 heavy (non-hydrogen) atoms. The van der Waals surface area contributed by atoms with Crippen molar-refractivity contribution in [1.29, 1.82) is 0 Å². The van der Waals surface area contributed by atoms with Crippen LogP contribution < -0.4 is 0 Å². The summed E-state index contributed by atoms with van der Waals surface area (Å²) in [4.78, 5) is 4.32. The third kappa shape index (κ3) is 5.92. The minimum absolute atomic E-state index is 1.02. The Labute approximate surface area is 73.3 Å². The number of hydrogen-bond donors (Lipinski definition) is 0. The molecule has 0 fully saturated rings. The Morgan fingerprint density at radius 2 is 1.91 bits per heavy atom. The third-order valence-electron chi connectivity index (χ3n) is 1.08. The molecule has 0 aromatic carbocycles. The van der Waals surface area contributed by atoms with Crippen molar-refractivity contribution in [1.82, 2.24) is 0 Å². The van der Waals surface area contributed by atoms with E-state index in [4.69, 9.17) is 0 Å². The lowest BCUT2D eigenvalue weighted by Crippen LogP contribution is -1.82. The second kappa shape index (κ2) is 5.19. The number of thioether (sulfide) groups is 1. The van der Waals surface area contributed by atoms with Gasteiger partial charge in [-0.3, -0.25) is 4.99 Å². The van der Waals surface area contributed by atoms with Crippen LogP contribution in [0.15, 0.2) is 28.9 Å². The highest BCUT2D eigenvalue weighted by Gasteiger charge is 1.87. The summed E-state index contributed by atoms with van der Waals surface area (Å²) in [6, 6.07) is 0. The van der Waals surface area contributed by atoms with Gasteiger partial charge in [-0.1, -0.05) is 12.2 Å². The first-order valence-corrected chi connectivity index (χ1v) is 4.72. The molecule has 0 spiro atoms. The Bertz CT molecular complexity index is 202. The molecule has 0 saturated carbocycles. The van der Waals surface area contributed by atoms with Crippen LogP contribution in [-0.4, -0.2) is 11.3 Å². The van der Waals surface area contributed by atoms with E-state index in [9.17, 15) is 0 Å². The van der Waals surface area contributed by atoms with Crippen LogP contribution in [0.4, 0.5) is 0 Å². The molecule has 0 aliphatic heterocycles. The van der Waals surface area contributed by atoms with Crippen LogP contribution in [0.25, 0.3) is 0 Å². The Balaban J connectivity index is 4.26. The number of allylic oxidation sites excluding steroid dienone is 3. The van der Waals surface area contributed by atoms with Gasteiger partial charge in [0.05, 0.1) is 5.04 Å². The summed E-state index contributed by atoms with van der Waals surface area (Å²) < 4.78 is 0. The zero-order valence-corrected chi connectivity index (χ0v) is 8.46. The first-order chi connectivity index (χ1) is 5.06. The van der Waals surface area contributed by atoms with E-state index >= 15 is 0 Å². The number of rotatable bonds is 2. The van der Waals surface area contributed by atoms with Crippen molar-refractivity contribution < 1.29 is 0 Å². The van der Waals surface area contributed by atoms with Crippen molar-refractivity contribution >= 4 is 16.8 Å². The van der Waals surface area contributed by atoms with Crippen LogP contribution >= 0.6 is 11.8 Å². The fraction of sp³-hybridized carbons (Fsp3) is 0.444. The molecule has 0 aliphatic rings.